The number of hydrogen-bond donors (Lipinski definition) is 1. The van der Waals surface area contributed by atoms with Crippen LogP contribution in [0.5, 0.6) is 11.5 Å². The summed E-state index contributed by atoms with van der Waals surface area (Å²) in [6.07, 6.45) is 5.39. The van der Waals surface area contributed by atoms with Gasteiger partial charge < -0.3 is 19.5 Å². The van der Waals surface area contributed by atoms with E-state index in [4.69, 9.17) is 14.2 Å². The third-order valence-corrected chi connectivity index (χ3v) is 4.39. The Kier molecular flexibility index (Phi) is 4.20. The number of ether oxygens (including phenoxy) is 3. The number of carbonyl (C=O) groups is 2. The number of amides is 1. The van der Waals surface area contributed by atoms with Crippen LogP contribution in [0.1, 0.15) is 36.2 Å². The first kappa shape index (κ1) is 16.4. The second kappa shape index (κ2) is 6.67. The molecule has 1 saturated carbocycles. The molecule has 0 bridgehead atoms. The lowest BCUT2D eigenvalue weighted by atomic mass is 10.2. The van der Waals surface area contributed by atoms with Crippen molar-refractivity contribution in [2.24, 2.45) is 0 Å². The SMILES string of the molecule is O=C(COC(=O)c1ccccn1)Nc1ccc2c(c1)OC1(CCCC1)O2. The smallest absolute Gasteiger partial charge is 0.357 e. The van der Waals surface area contributed by atoms with Gasteiger partial charge in [-0.2, -0.15) is 0 Å². The van der Waals surface area contributed by atoms with Gasteiger partial charge in [-0.1, -0.05) is 6.07 Å². The second-order valence-corrected chi connectivity index (χ2v) is 6.32. The van der Waals surface area contributed by atoms with E-state index >= 15 is 0 Å². The highest BCUT2D eigenvalue weighted by molar-refractivity contribution is 5.95. The van der Waals surface area contributed by atoms with Gasteiger partial charge in [0.05, 0.1) is 0 Å². The number of pyridine rings is 1. The first-order chi connectivity index (χ1) is 12.6. The molecule has 7 nitrogen and oxygen atoms in total. The Morgan fingerprint density at radius 2 is 1.92 bits per heavy atom. The molecule has 1 amide bonds. The quantitative estimate of drug-likeness (QED) is 0.850. The summed E-state index contributed by atoms with van der Waals surface area (Å²) in [7, 11) is 0. The average molecular weight is 354 g/mol. The van der Waals surface area contributed by atoms with Crippen LogP contribution in [0.4, 0.5) is 5.69 Å². The Balaban J connectivity index is 1.34. The molecular weight excluding hydrogens is 336 g/mol. The third-order valence-electron chi connectivity index (χ3n) is 4.39. The predicted octanol–water partition coefficient (Wildman–Crippen LogP) is 2.92. The van der Waals surface area contributed by atoms with Crippen molar-refractivity contribution in [3.63, 3.8) is 0 Å². The van der Waals surface area contributed by atoms with Crippen molar-refractivity contribution < 1.29 is 23.8 Å². The van der Waals surface area contributed by atoms with Crippen LogP contribution in [0.25, 0.3) is 0 Å². The van der Waals surface area contributed by atoms with Crippen molar-refractivity contribution >= 4 is 17.6 Å². The summed E-state index contributed by atoms with van der Waals surface area (Å²) in [4.78, 5) is 27.7. The summed E-state index contributed by atoms with van der Waals surface area (Å²) >= 11 is 0. The Morgan fingerprint density at radius 3 is 2.69 bits per heavy atom. The molecule has 1 spiro atoms. The molecule has 0 radical (unpaired) electrons. The number of anilines is 1. The summed E-state index contributed by atoms with van der Waals surface area (Å²) in [5, 5.41) is 2.69. The topological polar surface area (TPSA) is 86.8 Å². The van der Waals surface area contributed by atoms with Gasteiger partial charge in [0.15, 0.2) is 18.1 Å². The number of carbonyl (C=O) groups excluding carboxylic acids is 2. The fourth-order valence-corrected chi connectivity index (χ4v) is 3.17. The molecule has 0 saturated heterocycles. The molecule has 134 valence electrons. The van der Waals surface area contributed by atoms with Gasteiger partial charge in [-0.05, 0) is 37.1 Å². The lowest BCUT2D eigenvalue weighted by molar-refractivity contribution is -0.119. The molecule has 1 aromatic carbocycles. The number of benzene rings is 1. The summed E-state index contributed by atoms with van der Waals surface area (Å²) in [6, 6.07) is 10.1. The lowest BCUT2D eigenvalue weighted by Gasteiger charge is -2.21. The van der Waals surface area contributed by atoms with E-state index in [0.29, 0.717) is 17.2 Å². The normalized spacial score (nSPS) is 16.5. The molecule has 26 heavy (non-hydrogen) atoms. The molecule has 4 rings (SSSR count). The predicted molar refractivity (Wildman–Crippen MR) is 92.0 cm³/mol. The van der Waals surface area contributed by atoms with Gasteiger partial charge >= 0.3 is 5.97 Å². The van der Waals surface area contributed by atoms with Gasteiger partial charge in [-0.15, -0.1) is 0 Å². The van der Waals surface area contributed by atoms with Crippen molar-refractivity contribution in [1.29, 1.82) is 0 Å². The van der Waals surface area contributed by atoms with Crippen LogP contribution < -0.4 is 14.8 Å². The maximum Gasteiger partial charge on any atom is 0.357 e. The van der Waals surface area contributed by atoms with Gasteiger partial charge in [0.1, 0.15) is 5.69 Å². The van der Waals surface area contributed by atoms with Crippen LogP contribution in [0.2, 0.25) is 0 Å². The van der Waals surface area contributed by atoms with E-state index in [1.807, 2.05) is 0 Å². The van der Waals surface area contributed by atoms with E-state index in [1.165, 1.54) is 12.3 Å². The Hall–Kier alpha value is -3.09. The number of esters is 1. The molecule has 0 unspecified atom stereocenters. The first-order valence-corrected chi connectivity index (χ1v) is 8.54. The number of hydrogen-bond acceptors (Lipinski definition) is 6. The third kappa shape index (κ3) is 3.33. The van der Waals surface area contributed by atoms with Crippen LogP contribution >= 0.6 is 0 Å². The zero-order chi connectivity index (χ0) is 18.0. The monoisotopic (exact) mass is 354 g/mol. The van der Waals surface area contributed by atoms with Crippen molar-refractivity contribution in [2.75, 3.05) is 11.9 Å². The van der Waals surface area contributed by atoms with Crippen LogP contribution in [-0.2, 0) is 9.53 Å². The summed E-state index contributed by atoms with van der Waals surface area (Å²) in [5.41, 5.74) is 0.714. The summed E-state index contributed by atoms with van der Waals surface area (Å²) in [5.74, 6) is -0.316. The highest BCUT2D eigenvalue weighted by Gasteiger charge is 2.44. The zero-order valence-corrected chi connectivity index (χ0v) is 14.1. The number of rotatable bonds is 4. The van der Waals surface area contributed by atoms with E-state index in [0.717, 1.165) is 25.7 Å². The van der Waals surface area contributed by atoms with Crippen LogP contribution in [0.15, 0.2) is 42.6 Å². The largest absolute Gasteiger partial charge is 0.451 e. The summed E-state index contributed by atoms with van der Waals surface area (Å²) < 4.78 is 16.9. The van der Waals surface area contributed by atoms with E-state index in [2.05, 4.69) is 10.3 Å². The maximum atomic E-state index is 12.0. The highest BCUT2D eigenvalue weighted by atomic mass is 16.7. The van der Waals surface area contributed by atoms with Gasteiger partial charge in [0.25, 0.3) is 11.7 Å². The second-order valence-electron chi connectivity index (χ2n) is 6.32. The molecule has 1 N–H and O–H groups in total. The fourth-order valence-electron chi connectivity index (χ4n) is 3.17. The van der Waals surface area contributed by atoms with Gasteiger partial charge in [0, 0.05) is 30.8 Å². The number of nitrogens with zero attached hydrogens (tertiary/aromatic N) is 1. The zero-order valence-electron chi connectivity index (χ0n) is 14.1. The molecule has 2 aromatic rings. The average Bonchev–Trinajstić information content (AvgIpc) is 3.26. The first-order valence-electron chi connectivity index (χ1n) is 8.54. The summed E-state index contributed by atoms with van der Waals surface area (Å²) in [6.45, 7) is -0.395. The van der Waals surface area contributed by atoms with Crippen molar-refractivity contribution in [1.82, 2.24) is 4.98 Å². The van der Waals surface area contributed by atoms with Crippen molar-refractivity contribution in [2.45, 2.75) is 31.5 Å². The van der Waals surface area contributed by atoms with E-state index < -0.39 is 24.3 Å². The molecule has 0 atom stereocenters. The van der Waals surface area contributed by atoms with Gasteiger partial charge in [-0.25, -0.2) is 9.78 Å². The number of fused-ring (bicyclic) bond motifs is 1. The van der Waals surface area contributed by atoms with Crippen LogP contribution in [-0.4, -0.2) is 29.3 Å². The standard InChI is InChI=1S/C19H18N2O5/c22-17(12-24-18(23)14-5-1-4-10-20-14)21-13-6-7-15-16(11-13)26-19(25-15)8-2-3-9-19/h1,4-7,10-11H,2-3,8-9,12H2,(H,21,22). The molecule has 1 aliphatic heterocycles. The van der Waals surface area contributed by atoms with Crippen molar-refractivity contribution in [3.05, 3.63) is 48.3 Å². The molecular formula is C19H18N2O5. The van der Waals surface area contributed by atoms with E-state index in [1.54, 1.807) is 30.3 Å². The highest BCUT2D eigenvalue weighted by Crippen LogP contribution is 2.47. The van der Waals surface area contributed by atoms with E-state index in [9.17, 15) is 9.59 Å². The van der Waals surface area contributed by atoms with Gasteiger partial charge in [-0.3, -0.25) is 4.79 Å². The molecule has 7 heteroatoms. The Bertz CT molecular complexity index is 831. The van der Waals surface area contributed by atoms with Crippen molar-refractivity contribution in [3.8, 4) is 11.5 Å². The van der Waals surface area contributed by atoms with Crippen LogP contribution in [0.3, 0.4) is 0 Å². The molecule has 2 aliphatic rings. The number of aromatic nitrogens is 1. The molecule has 1 fully saturated rings. The number of nitrogens with one attached hydrogen (secondary N) is 1. The fraction of sp³-hybridized carbons (Fsp3) is 0.316. The maximum absolute atomic E-state index is 12.0. The lowest BCUT2D eigenvalue weighted by Crippen LogP contribution is -2.34. The minimum Gasteiger partial charge on any atom is -0.451 e. The van der Waals surface area contributed by atoms with Gasteiger partial charge in [0.2, 0.25) is 0 Å². The minimum absolute atomic E-state index is 0.158. The molecule has 1 aromatic heterocycles. The Morgan fingerprint density at radius 1 is 1.12 bits per heavy atom. The molecule has 1 aliphatic carbocycles. The Labute approximate surface area is 150 Å². The minimum atomic E-state index is -0.644. The molecule has 2 heterocycles. The van der Waals surface area contributed by atoms with E-state index in [-0.39, 0.29) is 5.69 Å². The van der Waals surface area contributed by atoms with Crippen LogP contribution in [0, 0.1) is 0 Å².